The molecule has 0 amide bonds. The van der Waals surface area contributed by atoms with Crippen LogP contribution < -0.4 is 15.9 Å². The monoisotopic (exact) mass is 711 g/mol. The Kier molecular flexibility index (Phi) is 11.8. The van der Waals surface area contributed by atoms with Gasteiger partial charge in [-0.3, -0.25) is 4.84 Å². The first-order chi connectivity index (χ1) is 24.9. The predicted molar refractivity (Wildman–Crippen MR) is 217 cm³/mol. The van der Waals surface area contributed by atoms with Gasteiger partial charge in [0.25, 0.3) is 0 Å². The second-order valence-electron chi connectivity index (χ2n) is 16.1. The molecule has 1 aliphatic heterocycles. The summed E-state index contributed by atoms with van der Waals surface area (Å²) in [6.45, 7) is 14.1. The largest absolute Gasteiger partial charge is 0.461 e. The van der Waals surface area contributed by atoms with Crippen LogP contribution >= 0.6 is 7.92 Å². The number of nitrogens with zero attached hydrogens (tertiary/aromatic N) is 1. The first kappa shape index (κ1) is 37.7. The van der Waals surface area contributed by atoms with Gasteiger partial charge in [0.05, 0.1) is 12.2 Å². The molecule has 0 aromatic heterocycles. The van der Waals surface area contributed by atoms with Crippen molar-refractivity contribution in [1.82, 2.24) is 5.06 Å². The van der Waals surface area contributed by atoms with Gasteiger partial charge in [0.2, 0.25) is 0 Å². The lowest BCUT2D eigenvalue weighted by atomic mass is 9.71. The summed E-state index contributed by atoms with van der Waals surface area (Å²) in [6, 6.07) is 50.6. The van der Waals surface area contributed by atoms with Crippen LogP contribution in [0, 0.1) is 5.41 Å². The molecule has 1 saturated heterocycles. The summed E-state index contributed by atoms with van der Waals surface area (Å²) >= 11 is 0. The predicted octanol–water partition coefficient (Wildman–Crippen LogP) is 10.5. The van der Waals surface area contributed by atoms with Crippen LogP contribution in [0.25, 0.3) is 0 Å². The van der Waals surface area contributed by atoms with E-state index in [0.29, 0.717) is 5.56 Å². The van der Waals surface area contributed by atoms with Gasteiger partial charge in [0.1, 0.15) is 6.10 Å². The van der Waals surface area contributed by atoms with Crippen molar-refractivity contribution >= 4 is 29.8 Å². The fraction of sp³-hybridized carbons (Fsp3) is 0.340. The van der Waals surface area contributed by atoms with Crippen LogP contribution in [0.5, 0.6) is 0 Å². The Bertz CT molecular complexity index is 1800. The fourth-order valence-corrected chi connectivity index (χ4v) is 10.2. The molecule has 1 fully saturated rings. The Labute approximate surface area is 312 Å². The number of hydrogen-bond donors (Lipinski definition) is 0. The number of benzene rings is 5. The summed E-state index contributed by atoms with van der Waals surface area (Å²) in [5, 5.41) is 6.20. The Hall–Kier alpha value is -4.08. The van der Waals surface area contributed by atoms with E-state index in [-0.39, 0.29) is 41.1 Å². The molecule has 2 unspecified atom stereocenters. The molecule has 0 saturated carbocycles. The third-order valence-corrected chi connectivity index (χ3v) is 13.2. The lowest BCUT2D eigenvalue weighted by Crippen LogP contribution is -2.58. The van der Waals surface area contributed by atoms with Gasteiger partial charge in [0, 0.05) is 17.0 Å². The first-order valence-electron chi connectivity index (χ1n) is 18.7. The Morgan fingerprint density at radius 3 is 1.63 bits per heavy atom. The molecule has 1 aliphatic rings. The number of carbonyl (C=O) groups excluding carboxylic acids is 1. The second-order valence-corrected chi connectivity index (χ2v) is 18.3. The average molecular weight is 712 g/mol. The highest BCUT2D eigenvalue weighted by atomic mass is 31.1. The van der Waals surface area contributed by atoms with Gasteiger partial charge in [0.15, 0.2) is 0 Å². The molecule has 52 heavy (non-hydrogen) atoms. The minimum absolute atomic E-state index is 0.0916. The molecule has 270 valence electrons. The summed E-state index contributed by atoms with van der Waals surface area (Å²) in [4.78, 5) is 20.6. The van der Waals surface area contributed by atoms with Gasteiger partial charge >= 0.3 is 5.97 Å². The molecule has 5 aromatic carbocycles. The maximum absolute atomic E-state index is 13.4. The molecule has 2 atom stereocenters. The van der Waals surface area contributed by atoms with Crippen LogP contribution in [0.15, 0.2) is 146 Å². The van der Waals surface area contributed by atoms with Gasteiger partial charge in [-0.05, 0) is 106 Å². The number of piperidine rings is 1. The van der Waals surface area contributed by atoms with Crippen LogP contribution in [0.1, 0.15) is 101 Å². The van der Waals surface area contributed by atoms with Crippen molar-refractivity contribution in [2.24, 2.45) is 5.41 Å². The lowest BCUT2D eigenvalue weighted by molar-refractivity contribution is -0.311. The van der Waals surface area contributed by atoms with Crippen LogP contribution in [0.4, 0.5) is 0 Å². The van der Waals surface area contributed by atoms with Crippen molar-refractivity contribution in [3.8, 4) is 0 Å². The molecule has 4 nitrogen and oxygen atoms in total. The molecular formula is C47H54NO3P. The van der Waals surface area contributed by atoms with Crippen LogP contribution in [0.3, 0.4) is 0 Å². The molecule has 1 heterocycles. The summed E-state index contributed by atoms with van der Waals surface area (Å²) in [5.74, 6) is -0.395. The maximum Gasteiger partial charge on any atom is 0.338 e. The number of ether oxygens (including phenoxy) is 1. The van der Waals surface area contributed by atoms with Crippen molar-refractivity contribution < 1.29 is 14.4 Å². The summed E-state index contributed by atoms with van der Waals surface area (Å²) in [5.41, 5.74) is 2.33. The van der Waals surface area contributed by atoms with Gasteiger partial charge in [-0.25, -0.2) is 4.79 Å². The SMILES string of the molecule is CC(C)(CC(ON1C(C)(C)CCCC1(C)C)c1ccccc1)C(COC(=O)c1ccccc1)c1ccc(P(c2ccccc2)c2ccccc2)cc1. The third-order valence-electron chi connectivity index (χ3n) is 10.7. The molecule has 5 heteroatoms. The van der Waals surface area contributed by atoms with E-state index in [4.69, 9.17) is 9.57 Å². The van der Waals surface area contributed by atoms with E-state index >= 15 is 0 Å². The number of hydroxylamine groups is 2. The number of hydrogen-bond acceptors (Lipinski definition) is 4. The summed E-state index contributed by atoms with van der Waals surface area (Å²) in [6.07, 6.45) is 3.89. The Balaban J connectivity index is 1.35. The van der Waals surface area contributed by atoms with Gasteiger partial charge in [-0.2, -0.15) is 5.06 Å². The molecule has 5 aromatic rings. The van der Waals surface area contributed by atoms with Crippen molar-refractivity contribution in [2.75, 3.05) is 6.61 Å². The first-order valence-corrected chi connectivity index (χ1v) is 20.0. The van der Waals surface area contributed by atoms with Crippen LogP contribution in [0.2, 0.25) is 0 Å². The zero-order chi connectivity index (χ0) is 36.8. The Morgan fingerprint density at radius 1 is 0.654 bits per heavy atom. The minimum Gasteiger partial charge on any atom is -0.461 e. The van der Waals surface area contributed by atoms with Crippen molar-refractivity contribution in [2.45, 2.75) is 90.3 Å². The van der Waals surface area contributed by atoms with Crippen molar-refractivity contribution in [3.63, 3.8) is 0 Å². The number of carbonyl (C=O) groups is 1. The van der Waals surface area contributed by atoms with Crippen molar-refractivity contribution in [3.05, 3.63) is 162 Å². The standard InChI is InChI=1S/C47H54NO3P/c1-45(2,34-43(37-20-11-7-12-21-37)51-48-46(3,4)32-19-33-47(48,5)6)42(35-50-44(49)38-22-13-8-14-23-38)36-28-30-41(31-29-36)52(39-24-15-9-16-25-39)40-26-17-10-18-27-40/h7-18,20-31,42-43H,19,32-35H2,1-6H3. The van der Waals surface area contributed by atoms with Crippen LogP contribution in [-0.4, -0.2) is 28.7 Å². The van der Waals surface area contributed by atoms with Gasteiger partial charge < -0.3 is 4.74 Å². The van der Waals surface area contributed by atoms with Crippen LogP contribution in [-0.2, 0) is 9.57 Å². The van der Waals surface area contributed by atoms with E-state index in [2.05, 4.69) is 162 Å². The molecular weight excluding hydrogens is 657 g/mol. The van der Waals surface area contributed by atoms with E-state index in [1.165, 1.54) is 22.3 Å². The van der Waals surface area contributed by atoms with E-state index < -0.39 is 7.92 Å². The van der Waals surface area contributed by atoms with Crippen molar-refractivity contribution in [1.29, 1.82) is 0 Å². The molecule has 6 rings (SSSR count). The lowest BCUT2D eigenvalue weighted by Gasteiger charge is -2.53. The van der Waals surface area contributed by atoms with E-state index in [1.54, 1.807) is 0 Å². The highest BCUT2D eigenvalue weighted by Crippen LogP contribution is 2.47. The number of esters is 1. The molecule has 0 aliphatic carbocycles. The zero-order valence-corrected chi connectivity index (χ0v) is 32.6. The Morgan fingerprint density at radius 2 is 1.12 bits per heavy atom. The third kappa shape index (κ3) is 8.92. The quantitative estimate of drug-likeness (QED) is 0.0900. The highest BCUT2D eigenvalue weighted by Gasteiger charge is 2.45. The topological polar surface area (TPSA) is 38.8 Å². The van der Waals surface area contributed by atoms with E-state index in [0.717, 1.165) is 30.4 Å². The number of rotatable bonds is 13. The van der Waals surface area contributed by atoms with E-state index in [9.17, 15) is 4.79 Å². The highest BCUT2D eigenvalue weighted by molar-refractivity contribution is 7.79. The average Bonchev–Trinajstić information content (AvgIpc) is 3.14. The second kappa shape index (κ2) is 16.3. The summed E-state index contributed by atoms with van der Waals surface area (Å²) in [7, 11) is -0.738. The smallest absolute Gasteiger partial charge is 0.338 e. The van der Waals surface area contributed by atoms with Gasteiger partial charge in [-0.15, -0.1) is 0 Å². The minimum atomic E-state index is -0.738. The summed E-state index contributed by atoms with van der Waals surface area (Å²) < 4.78 is 6.16. The maximum atomic E-state index is 13.4. The molecule has 0 spiro atoms. The molecule has 0 bridgehead atoms. The fourth-order valence-electron chi connectivity index (χ4n) is 7.94. The zero-order valence-electron chi connectivity index (χ0n) is 31.7. The molecule has 0 N–H and O–H groups in total. The molecule has 0 radical (unpaired) electrons. The van der Waals surface area contributed by atoms with E-state index in [1.807, 2.05) is 30.3 Å². The van der Waals surface area contributed by atoms with Gasteiger partial charge in [-0.1, -0.05) is 147 Å². The normalized spacial score (nSPS) is 17.0.